The second-order valence-corrected chi connectivity index (χ2v) is 6.64. The van der Waals surface area contributed by atoms with Crippen LogP contribution in [0.1, 0.15) is 11.1 Å². The number of nitrogen functional groups attached to an aromatic ring is 1. The first-order chi connectivity index (χ1) is 12.6. The Hall–Kier alpha value is -3.19. The fourth-order valence-corrected chi connectivity index (χ4v) is 3.18. The number of H-pyrrole nitrogens is 1. The molecule has 0 aliphatic carbocycles. The van der Waals surface area contributed by atoms with Gasteiger partial charge in [0.1, 0.15) is 0 Å². The minimum atomic E-state index is 0.0429. The molecule has 0 saturated carbocycles. The molecule has 0 aliphatic heterocycles. The number of fused-ring (bicyclic) bond motifs is 1. The number of nitrogens with one attached hydrogen (secondary N) is 1. The van der Waals surface area contributed by atoms with Crippen LogP contribution in [0, 0.1) is 0 Å². The standard InChI is InChI=1S/C19H14BrN5O/c20-12-4-5-16-15(9-12)17(19(26)25-16)18(11-2-1-3-13(21)8-11)24-14-6-7-22-23-10-14/h1-10,25-26H,21H2. The van der Waals surface area contributed by atoms with E-state index in [1.165, 1.54) is 0 Å². The lowest BCUT2D eigenvalue weighted by Crippen LogP contribution is -2.04. The van der Waals surface area contributed by atoms with Gasteiger partial charge in [0.2, 0.25) is 0 Å². The third-order valence-electron chi connectivity index (χ3n) is 3.95. The van der Waals surface area contributed by atoms with E-state index in [4.69, 9.17) is 10.7 Å². The Kier molecular flexibility index (Phi) is 4.14. The molecular weight excluding hydrogens is 394 g/mol. The van der Waals surface area contributed by atoms with Crippen molar-refractivity contribution in [2.24, 2.45) is 4.99 Å². The second kappa shape index (κ2) is 6.61. The average molecular weight is 408 g/mol. The van der Waals surface area contributed by atoms with Crippen LogP contribution in [0.2, 0.25) is 0 Å². The van der Waals surface area contributed by atoms with Crippen LogP contribution in [0.5, 0.6) is 5.88 Å². The van der Waals surface area contributed by atoms with Gasteiger partial charge in [-0.3, -0.25) is 0 Å². The summed E-state index contributed by atoms with van der Waals surface area (Å²) < 4.78 is 0.905. The maximum absolute atomic E-state index is 10.6. The van der Waals surface area contributed by atoms with Crippen molar-refractivity contribution in [2.45, 2.75) is 0 Å². The van der Waals surface area contributed by atoms with Crippen LogP contribution in [0.3, 0.4) is 0 Å². The van der Waals surface area contributed by atoms with E-state index in [0.717, 1.165) is 20.9 Å². The number of rotatable bonds is 3. The number of aromatic amines is 1. The van der Waals surface area contributed by atoms with Crippen molar-refractivity contribution in [1.29, 1.82) is 0 Å². The zero-order valence-electron chi connectivity index (χ0n) is 13.5. The maximum atomic E-state index is 10.6. The summed E-state index contributed by atoms with van der Waals surface area (Å²) in [4.78, 5) is 7.72. The Labute approximate surface area is 157 Å². The largest absolute Gasteiger partial charge is 0.494 e. The molecule has 0 radical (unpaired) electrons. The molecule has 4 N–H and O–H groups in total. The van der Waals surface area contributed by atoms with Gasteiger partial charge in [-0.25, -0.2) is 4.99 Å². The van der Waals surface area contributed by atoms with E-state index in [9.17, 15) is 5.11 Å². The summed E-state index contributed by atoms with van der Waals surface area (Å²) in [6, 6.07) is 14.9. The first-order valence-corrected chi connectivity index (χ1v) is 8.63. The lowest BCUT2D eigenvalue weighted by Gasteiger charge is -2.08. The number of aliphatic imine (C=N–C) groups is 1. The summed E-state index contributed by atoms with van der Waals surface area (Å²) in [5.74, 6) is 0.0429. The van der Waals surface area contributed by atoms with Gasteiger partial charge in [0.15, 0.2) is 5.88 Å². The van der Waals surface area contributed by atoms with Crippen LogP contribution in [-0.4, -0.2) is 26.0 Å². The Bertz CT molecular complexity index is 1120. The number of aromatic hydroxyl groups is 1. The summed E-state index contributed by atoms with van der Waals surface area (Å²) in [6.45, 7) is 0. The summed E-state index contributed by atoms with van der Waals surface area (Å²) in [5.41, 5.74) is 9.99. The zero-order chi connectivity index (χ0) is 18.1. The van der Waals surface area contributed by atoms with Gasteiger partial charge in [-0.2, -0.15) is 10.2 Å². The summed E-state index contributed by atoms with van der Waals surface area (Å²) in [5, 5.41) is 19.1. The van der Waals surface area contributed by atoms with E-state index in [1.54, 1.807) is 24.5 Å². The Morgan fingerprint density at radius 3 is 2.77 bits per heavy atom. The predicted octanol–water partition coefficient (Wildman–Crippen LogP) is 4.18. The number of halogens is 1. The van der Waals surface area contributed by atoms with Gasteiger partial charge in [-0.05, 0) is 36.4 Å². The Balaban J connectivity index is 2.02. The third-order valence-corrected chi connectivity index (χ3v) is 4.44. The van der Waals surface area contributed by atoms with Crippen LogP contribution in [0.25, 0.3) is 10.9 Å². The minimum absolute atomic E-state index is 0.0429. The zero-order valence-corrected chi connectivity index (χ0v) is 15.1. The third kappa shape index (κ3) is 3.04. The van der Waals surface area contributed by atoms with Crippen LogP contribution in [0.4, 0.5) is 11.4 Å². The number of anilines is 1. The summed E-state index contributed by atoms with van der Waals surface area (Å²) >= 11 is 3.49. The van der Waals surface area contributed by atoms with E-state index in [-0.39, 0.29) is 5.88 Å². The van der Waals surface area contributed by atoms with Crippen LogP contribution in [0.15, 0.2) is 70.4 Å². The highest BCUT2D eigenvalue weighted by molar-refractivity contribution is 9.10. The van der Waals surface area contributed by atoms with E-state index in [2.05, 4.69) is 31.1 Å². The number of hydrogen-bond donors (Lipinski definition) is 3. The minimum Gasteiger partial charge on any atom is -0.494 e. The van der Waals surface area contributed by atoms with Gasteiger partial charge in [-0.1, -0.05) is 28.1 Å². The van der Waals surface area contributed by atoms with Crippen LogP contribution < -0.4 is 5.73 Å². The normalized spacial score (nSPS) is 11.8. The van der Waals surface area contributed by atoms with Gasteiger partial charge < -0.3 is 15.8 Å². The Morgan fingerprint density at radius 2 is 2.00 bits per heavy atom. The SMILES string of the molecule is Nc1cccc(C(=Nc2ccnnc2)c2c(O)[nH]c3ccc(Br)cc23)c1. The molecule has 0 spiro atoms. The first-order valence-electron chi connectivity index (χ1n) is 7.83. The highest BCUT2D eigenvalue weighted by atomic mass is 79.9. The van der Waals surface area contributed by atoms with Gasteiger partial charge >= 0.3 is 0 Å². The monoisotopic (exact) mass is 407 g/mol. The van der Waals surface area contributed by atoms with Crippen molar-refractivity contribution in [2.75, 3.05) is 5.73 Å². The Morgan fingerprint density at radius 1 is 1.12 bits per heavy atom. The first kappa shape index (κ1) is 16.3. The predicted molar refractivity (Wildman–Crippen MR) is 106 cm³/mol. The van der Waals surface area contributed by atoms with Gasteiger partial charge in [0.25, 0.3) is 0 Å². The smallest absolute Gasteiger partial charge is 0.199 e. The number of aromatic nitrogens is 3. The molecule has 0 bridgehead atoms. The lowest BCUT2D eigenvalue weighted by atomic mass is 10.0. The number of nitrogens with zero attached hydrogens (tertiary/aromatic N) is 3. The highest BCUT2D eigenvalue weighted by Gasteiger charge is 2.19. The molecule has 6 nitrogen and oxygen atoms in total. The van der Waals surface area contributed by atoms with Crippen molar-refractivity contribution in [3.05, 3.63) is 76.5 Å². The molecule has 2 aromatic carbocycles. The molecule has 7 heteroatoms. The van der Waals surface area contributed by atoms with Gasteiger partial charge in [0, 0.05) is 26.6 Å². The quantitative estimate of drug-likeness (QED) is 0.350. The van der Waals surface area contributed by atoms with Gasteiger partial charge in [-0.15, -0.1) is 0 Å². The maximum Gasteiger partial charge on any atom is 0.199 e. The van der Waals surface area contributed by atoms with Crippen LogP contribution >= 0.6 is 15.9 Å². The second-order valence-electron chi connectivity index (χ2n) is 5.73. The van der Waals surface area contributed by atoms with E-state index < -0.39 is 0 Å². The van der Waals surface area contributed by atoms with Gasteiger partial charge in [0.05, 0.1) is 29.4 Å². The topological polar surface area (TPSA) is 100 Å². The molecule has 0 atom stereocenters. The van der Waals surface area contributed by atoms with Crippen molar-refractivity contribution in [1.82, 2.24) is 15.2 Å². The summed E-state index contributed by atoms with van der Waals surface area (Å²) in [6.07, 6.45) is 3.13. The van der Waals surface area contributed by atoms with Crippen molar-refractivity contribution < 1.29 is 5.11 Å². The van der Waals surface area contributed by atoms with E-state index in [1.807, 2.05) is 36.4 Å². The molecule has 0 fully saturated rings. The number of benzene rings is 2. The molecule has 0 aliphatic rings. The molecule has 2 aromatic heterocycles. The molecule has 0 amide bonds. The molecule has 128 valence electrons. The lowest BCUT2D eigenvalue weighted by molar-refractivity contribution is 0.457. The summed E-state index contributed by atoms with van der Waals surface area (Å²) in [7, 11) is 0. The van der Waals surface area contributed by atoms with Crippen molar-refractivity contribution in [3.63, 3.8) is 0 Å². The molecule has 4 aromatic rings. The number of hydrogen-bond acceptors (Lipinski definition) is 5. The molecule has 2 heterocycles. The molecular formula is C19H14BrN5O. The molecule has 26 heavy (non-hydrogen) atoms. The highest BCUT2D eigenvalue weighted by Crippen LogP contribution is 2.33. The van der Waals surface area contributed by atoms with Crippen molar-refractivity contribution in [3.8, 4) is 5.88 Å². The molecule has 0 saturated heterocycles. The fourth-order valence-electron chi connectivity index (χ4n) is 2.82. The van der Waals surface area contributed by atoms with E-state index >= 15 is 0 Å². The molecule has 4 rings (SSSR count). The number of nitrogens with two attached hydrogens (primary N) is 1. The van der Waals surface area contributed by atoms with Crippen molar-refractivity contribution >= 4 is 43.9 Å². The fraction of sp³-hybridized carbons (Fsp3) is 0. The van der Waals surface area contributed by atoms with E-state index in [0.29, 0.717) is 22.6 Å². The van der Waals surface area contributed by atoms with Crippen LogP contribution in [-0.2, 0) is 0 Å². The average Bonchev–Trinajstić information content (AvgIpc) is 2.95. The molecule has 0 unspecified atom stereocenters.